The van der Waals surface area contributed by atoms with Gasteiger partial charge in [-0.1, -0.05) is 46.5 Å². The highest BCUT2D eigenvalue weighted by Gasteiger charge is 2.29. The van der Waals surface area contributed by atoms with Gasteiger partial charge >= 0.3 is 0 Å². The molecular weight excluding hydrogens is 428 g/mol. The zero-order valence-corrected chi connectivity index (χ0v) is 22.9. The number of aromatic amines is 1. The quantitative estimate of drug-likeness (QED) is 0.538. The van der Waals surface area contributed by atoms with E-state index in [2.05, 4.69) is 69.3 Å². The van der Waals surface area contributed by atoms with Crippen LogP contribution >= 0.6 is 0 Å². The summed E-state index contributed by atoms with van der Waals surface area (Å²) in [5.41, 5.74) is 3.33. The second kappa shape index (κ2) is 9.28. The van der Waals surface area contributed by atoms with E-state index in [0.717, 1.165) is 29.3 Å². The van der Waals surface area contributed by atoms with Crippen LogP contribution in [0.3, 0.4) is 0 Å². The number of aryl methyl sites for hydroxylation is 1. The van der Waals surface area contributed by atoms with Crippen molar-refractivity contribution >= 4 is 43.4 Å². The van der Waals surface area contributed by atoms with Gasteiger partial charge in [0, 0.05) is 16.2 Å². The summed E-state index contributed by atoms with van der Waals surface area (Å²) in [5.74, 6) is -0.00246. The molecule has 1 aromatic carbocycles. The molecule has 2 rings (SSSR count). The third kappa shape index (κ3) is 6.53. The number of hydrogen-bond acceptors (Lipinski definition) is 3. The van der Waals surface area contributed by atoms with Crippen LogP contribution in [0.25, 0.3) is 10.9 Å². The van der Waals surface area contributed by atoms with Crippen LogP contribution in [-0.4, -0.2) is 43.7 Å². The standard InChI is InChI=1S/C22H39N2O3SSi2/c1-22(2,3)20(27-29(5)6)13-11-17-18-14-16(15-28(25,26)23-4)10-12-19(18)24-21(17)30(7,8)9/h10,12,14,20,23-24H,11,13,15H2,1-9H3. The Bertz CT molecular complexity index is 971. The molecule has 0 fully saturated rings. The summed E-state index contributed by atoms with van der Waals surface area (Å²) in [4.78, 5) is 3.67. The molecule has 0 saturated carbocycles. The van der Waals surface area contributed by atoms with Crippen molar-refractivity contribution in [3.63, 3.8) is 0 Å². The SMILES string of the molecule is CNS(=O)(=O)Cc1ccc2[nH]c([Si](C)(C)C)c(CCC(O[Si](C)C)C(C)(C)C)c2c1. The first-order valence-electron chi connectivity index (χ1n) is 10.7. The summed E-state index contributed by atoms with van der Waals surface area (Å²) in [5, 5.41) is 2.51. The van der Waals surface area contributed by atoms with Crippen molar-refractivity contribution in [3.05, 3.63) is 29.3 Å². The Morgan fingerprint density at radius 1 is 1.20 bits per heavy atom. The van der Waals surface area contributed by atoms with Gasteiger partial charge in [0.2, 0.25) is 19.1 Å². The van der Waals surface area contributed by atoms with Crippen LogP contribution in [0, 0.1) is 5.41 Å². The van der Waals surface area contributed by atoms with Crippen molar-refractivity contribution in [2.45, 2.75) is 78.2 Å². The topological polar surface area (TPSA) is 71.2 Å². The van der Waals surface area contributed by atoms with E-state index in [9.17, 15) is 8.42 Å². The molecule has 5 nitrogen and oxygen atoms in total. The van der Waals surface area contributed by atoms with Crippen LogP contribution in [-0.2, 0) is 26.6 Å². The molecule has 1 aromatic heterocycles. The molecule has 0 amide bonds. The lowest BCUT2D eigenvalue weighted by Crippen LogP contribution is -2.41. The van der Waals surface area contributed by atoms with Gasteiger partial charge in [-0.15, -0.1) is 0 Å². The van der Waals surface area contributed by atoms with Gasteiger partial charge in [0.05, 0.1) is 19.9 Å². The van der Waals surface area contributed by atoms with Gasteiger partial charge < -0.3 is 9.41 Å². The van der Waals surface area contributed by atoms with Crippen LogP contribution in [0.2, 0.25) is 32.7 Å². The van der Waals surface area contributed by atoms with Gasteiger partial charge in [-0.2, -0.15) is 0 Å². The summed E-state index contributed by atoms with van der Waals surface area (Å²) in [6, 6.07) is 6.00. The van der Waals surface area contributed by atoms with E-state index in [1.165, 1.54) is 17.9 Å². The molecule has 169 valence electrons. The normalized spacial score (nSPS) is 14.6. The number of H-pyrrole nitrogens is 1. The van der Waals surface area contributed by atoms with Crippen molar-refractivity contribution in [1.82, 2.24) is 9.71 Å². The average molecular weight is 468 g/mol. The summed E-state index contributed by atoms with van der Waals surface area (Å²) < 4.78 is 32.9. The number of rotatable bonds is 9. The van der Waals surface area contributed by atoms with Crippen LogP contribution in [0.4, 0.5) is 0 Å². The van der Waals surface area contributed by atoms with Gasteiger partial charge in [-0.05, 0) is 61.7 Å². The van der Waals surface area contributed by atoms with Crippen molar-refractivity contribution in [1.29, 1.82) is 0 Å². The monoisotopic (exact) mass is 467 g/mol. The Kier molecular flexibility index (Phi) is 7.83. The summed E-state index contributed by atoms with van der Waals surface area (Å²) >= 11 is 0. The summed E-state index contributed by atoms with van der Waals surface area (Å²) in [6.07, 6.45) is 2.09. The predicted molar refractivity (Wildman–Crippen MR) is 133 cm³/mol. The first kappa shape index (κ1) is 25.3. The Morgan fingerprint density at radius 3 is 2.33 bits per heavy atom. The molecular formula is C22H39N2O3SSi2. The predicted octanol–water partition coefficient (Wildman–Crippen LogP) is 4.38. The van der Waals surface area contributed by atoms with E-state index in [4.69, 9.17) is 4.43 Å². The summed E-state index contributed by atoms with van der Waals surface area (Å²) in [7, 11) is -4.23. The number of nitrogens with one attached hydrogen (secondary N) is 2. The Morgan fingerprint density at radius 2 is 1.83 bits per heavy atom. The zero-order valence-electron chi connectivity index (χ0n) is 20.1. The molecule has 1 heterocycles. The molecule has 0 spiro atoms. The van der Waals surface area contributed by atoms with Crippen LogP contribution < -0.4 is 10.0 Å². The third-order valence-electron chi connectivity index (χ3n) is 5.39. The van der Waals surface area contributed by atoms with E-state index in [-0.39, 0.29) is 17.3 Å². The Labute approximate surface area is 185 Å². The van der Waals surface area contributed by atoms with E-state index in [0.29, 0.717) is 0 Å². The second-order valence-corrected chi connectivity index (χ2v) is 19.5. The zero-order chi connectivity index (χ0) is 22.9. The van der Waals surface area contributed by atoms with Crippen molar-refractivity contribution in [3.8, 4) is 0 Å². The number of sulfonamides is 1. The Balaban J connectivity index is 2.48. The van der Waals surface area contributed by atoms with Crippen LogP contribution in [0.15, 0.2) is 18.2 Å². The molecule has 0 saturated heterocycles. The molecule has 1 unspecified atom stereocenters. The van der Waals surface area contributed by atoms with Crippen LogP contribution in [0.5, 0.6) is 0 Å². The van der Waals surface area contributed by atoms with E-state index in [1.807, 2.05) is 12.1 Å². The largest absolute Gasteiger partial charge is 0.414 e. The molecule has 2 aromatic rings. The highest BCUT2D eigenvalue weighted by Crippen LogP contribution is 2.29. The smallest absolute Gasteiger partial charge is 0.215 e. The van der Waals surface area contributed by atoms with Gasteiger partial charge in [-0.3, -0.25) is 0 Å². The minimum atomic E-state index is -3.30. The average Bonchev–Trinajstić information content (AvgIpc) is 2.95. The maximum atomic E-state index is 12.1. The first-order valence-corrected chi connectivity index (χ1v) is 18.2. The first-order chi connectivity index (χ1) is 13.6. The molecule has 2 N–H and O–H groups in total. The minimum Gasteiger partial charge on any atom is -0.414 e. The molecule has 0 aliphatic carbocycles. The maximum absolute atomic E-state index is 12.1. The van der Waals surface area contributed by atoms with Crippen LogP contribution in [0.1, 0.15) is 38.3 Å². The number of benzene rings is 1. The summed E-state index contributed by atoms with van der Waals surface area (Å²) in [6.45, 7) is 18.2. The number of aromatic nitrogens is 1. The fourth-order valence-electron chi connectivity index (χ4n) is 3.80. The molecule has 0 aliphatic rings. The lowest BCUT2D eigenvalue weighted by atomic mass is 9.85. The van der Waals surface area contributed by atoms with Crippen molar-refractivity contribution in [2.24, 2.45) is 5.41 Å². The van der Waals surface area contributed by atoms with E-state index in [1.54, 1.807) is 0 Å². The lowest BCUT2D eigenvalue weighted by Gasteiger charge is -2.33. The Hall–Kier alpha value is -0.936. The fraction of sp³-hybridized carbons (Fsp3) is 0.636. The highest BCUT2D eigenvalue weighted by molar-refractivity contribution is 7.88. The third-order valence-corrected chi connectivity index (χ3v) is 9.41. The maximum Gasteiger partial charge on any atom is 0.215 e. The molecule has 30 heavy (non-hydrogen) atoms. The highest BCUT2D eigenvalue weighted by atomic mass is 32.2. The molecule has 0 bridgehead atoms. The molecule has 8 heteroatoms. The van der Waals surface area contributed by atoms with Gasteiger partial charge in [0.1, 0.15) is 0 Å². The van der Waals surface area contributed by atoms with Gasteiger partial charge in [-0.25, -0.2) is 13.1 Å². The van der Waals surface area contributed by atoms with Crippen molar-refractivity contribution < 1.29 is 12.8 Å². The lowest BCUT2D eigenvalue weighted by molar-refractivity contribution is 0.0789. The molecule has 1 radical (unpaired) electrons. The van der Waals surface area contributed by atoms with Crippen molar-refractivity contribution in [2.75, 3.05) is 7.05 Å². The fourth-order valence-corrected chi connectivity index (χ4v) is 7.28. The minimum absolute atomic E-state index is 0.00246. The van der Waals surface area contributed by atoms with Gasteiger partial charge in [0.15, 0.2) is 0 Å². The van der Waals surface area contributed by atoms with E-state index < -0.39 is 27.1 Å². The molecule has 1 atom stereocenters. The number of fused-ring (bicyclic) bond motifs is 1. The molecule has 0 aliphatic heterocycles. The second-order valence-electron chi connectivity index (χ2n) is 10.5. The van der Waals surface area contributed by atoms with Gasteiger partial charge in [0.25, 0.3) is 0 Å². The van der Waals surface area contributed by atoms with E-state index >= 15 is 0 Å². The number of hydrogen-bond donors (Lipinski definition) is 2.